The zero-order valence-corrected chi connectivity index (χ0v) is 12.0. The molecule has 0 spiro atoms. The first-order valence-corrected chi connectivity index (χ1v) is 6.72. The van der Waals surface area contributed by atoms with Gasteiger partial charge < -0.3 is 5.73 Å². The monoisotopic (exact) mass is 358 g/mol. The van der Waals surface area contributed by atoms with Gasteiger partial charge in [0, 0.05) is 22.0 Å². The van der Waals surface area contributed by atoms with E-state index < -0.39 is 0 Å². The van der Waals surface area contributed by atoms with Gasteiger partial charge in [-0.25, -0.2) is 0 Å². The minimum atomic E-state index is -0.0475. The average molecular weight is 359 g/mol. The molecule has 1 aromatic carbocycles. The highest BCUT2D eigenvalue weighted by Gasteiger charge is 2.08. The van der Waals surface area contributed by atoms with E-state index in [1.54, 1.807) is 6.20 Å². The van der Waals surface area contributed by atoms with E-state index >= 15 is 0 Å². The maximum atomic E-state index is 6.16. The number of benzene rings is 1. The summed E-state index contributed by atoms with van der Waals surface area (Å²) in [6.07, 6.45) is 4.37. The normalized spacial score (nSPS) is 12.4. The third-order valence-electron chi connectivity index (χ3n) is 2.55. The van der Waals surface area contributed by atoms with Crippen molar-refractivity contribution < 1.29 is 0 Å². The van der Waals surface area contributed by atoms with E-state index in [-0.39, 0.29) is 6.04 Å². The Hall–Kier alpha value is -0.650. The highest BCUT2D eigenvalue weighted by Crippen LogP contribution is 2.23. The second-order valence-electron chi connectivity index (χ2n) is 3.85. The molecule has 0 saturated carbocycles. The quantitative estimate of drug-likeness (QED) is 0.852. The minimum absolute atomic E-state index is 0.0475. The molecule has 88 valence electrons. The first-order valence-electron chi connectivity index (χ1n) is 5.26. The lowest BCUT2D eigenvalue weighted by Gasteiger charge is -2.12. The van der Waals surface area contributed by atoms with E-state index in [9.17, 15) is 0 Å². The molecule has 17 heavy (non-hydrogen) atoms. The Morgan fingerprint density at radius 2 is 2.18 bits per heavy atom. The predicted molar refractivity (Wildman–Crippen MR) is 79.0 cm³/mol. The molecular weight excluding hydrogens is 347 g/mol. The van der Waals surface area contributed by atoms with Crippen LogP contribution < -0.4 is 5.73 Å². The van der Waals surface area contributed by atoms with Crippen molar-refractivity contribution in [2.75, 3.05) is 0 Å². The number of hydrogen-bond donors (Lipinski definition) is 1. The second-order valence-corrected chi connectivity index (χ2v) is 5.41. The van der Waals surface area contributed by atoms with Gasteiger partial charge in [-0.1, -0.05) is 23.7 Å². The molecule has 0 aliphatic carbocycles. The smallest absolute Gasteiger partial charge is 0.0542 e. The van der Waals surface area contributed by atoms with E-state index in [0.717, 1.165) is 26.1 Å². The maximum absolute atomic E-state index is 6.16. The van der Waals surface area contributed by atoms with Crippen LogP contribution >= 0.6 is 34.2 Å². The summed E-state index contributed by atoms with van der Waals surface area (Å²) in [5, 5.41) is 0.754. The van der Waals surface area contributed by atoms with Gasteiger partial charge in [-0.05, 0) is 58.3 Å². The summed E-state index contributed by atoms with van der Waals surface area (Å²) in [5.74, 6) is 0. The molecule has 0 radical (unpaired) electrons. The van der Waals surface area contributed by atoms with Crippen molar-refractivity contribution in [2.45, 2.75) is 12.5 Å². The highest BCUT2D eigenvalue weighted by atomic mass is 127. The Morgan fingerprint density at radius 3 is 2.82 bits per heavy atom. The summed E-state index contributed by atoms with van der Waals surface area (Å²) in [6.45, 7) is 0. The molecule has 2 N–H and O–H groups in total. The Morgan fingerprint density at radius 1 is 1.35 bits per heavy atom. The average Bonchev–Trinajstić information content (AvgIpc) is 2.34. The van der Waals surface area contributed by atoms with Gasteiger partial charge in [0.25, 0.3) is 0 Å². The molecule has 0 fully saturated rings. The Kier molecular flexibility index (Phi) is 4.36. The van der Waals surface area contributed by atoms with Crippen LogP contribution in [-0.2, 0) is 6.42 Å². The molecule has 1 unspecified atom stereocenters. The molecule has 1 heterocycles. The molecule has 0 aliphatic rings. The Bertz CT molecular complexity index is 502. The SMILES string of the molecule is NC(Cc1cccnc1)c1ccc(I)c(Cl)c1. The number of nitrogens with two attached hydrogens (primary N) is 1. The maximum Gasteiger partial charge on any atom is 0.0542 e. The van der Waals surface area contributed by atoms with Gasteiger partial charge in [-0.2, -0.15) is 0 Å². The van der Waals surface area contributed by atoms with Crippen LogP contribution in [0.25, 0.3) is 0 Å². The zero-order valence-electron chi connectivity index (χ0n) is 9.11. The van der Waals surface area contributed by atoms with Crippen molar-refractivity contribution in [1.82, 2.24) is 4.98 Å². The highest BCUT2D eigenvalue weighted by molar-refractivity contribution is 14.1. The van der Waals surface area contributed by atoms with E-state index in [1.165, 1.54) is 0 Å². The van der Waals surface area contributed by atoms with Crippen molar-refractivity contribution in [3.8, 4) is 0 Å². The van der Waals surface area contributed by atoms with Gasteiger partial charge in [0.2, 0.25) is 0 Å². The molecule has 2 rings (SSSR count). The number of aromatic nitrogens is 1. The molecule has 1 atom stereocenters. The van der Waals surface area contributed by atoms with E-state index in [1.807, 2.05) is 36.5 Å². The van der Waals surface area contributed by atoms with Crippen molar-refractivity contribution in [3.05, 3.63) is 62.4 Å². The first kappa shape index (κ1) is 12.8. The van der Waals surface area contributed by atoms with Crippen LogP contribution in [0, 0.1) is 3.57 Å². The fourth-order valence-electron chi connectivity index (χ4n) is 1.63. The van der Waals surface area contributed by atoms with Gasteiger partial charge >= 0.3 is 0 Å². The standard InChI is InChI=1S/C13H12ClIN2/c14-11-7-10(3-4-12(11)15)13(16)6-9-2-1-5-17-8-9/h1-5,7-8,13H,6,16H2. The van der Waals surface area contributed by atoms with Gasteiger partial charge in [-0.15, -0.1) is 0 Å². The molecule has 2 nitrogen and oxygen atoms in total. The van der Waals surface area contributed by atoms with Crippen LogP contribution in [0.15, 0.2) is 42.7 Å². The Balaban J connectivity index is 2.14. The lowest BCUT2D eigenvalue weighted by atomic mass is 10.0. The van der Waals surface area contributed by atoms with Gasteiger partial charge in [0.05, 0.1) is 5.02 Å². The van der Waals surface area contributed by atoms with Crippen LogP contribution in [0.5, 0.6) is 0 Å². The predicted octanol–water partition coefficient (Wildman–Crippen LogP) is 3.58. The topological polar surface area (TPSA) is 38.9 Å². The number of halogens is 2. The molecule has 1 aromatic heterocycles. The zero-order chi connectivity index (χ0) is 12.3. The second kappa shape index (κ2) is 5.80. The van der Waals surface area contributed by atoms with Crippen LogP contribution in [0.3, 0.4) is 0 Å². The van der Waals surface area contributed by atoms with Crippen molar-refractivity contribution >= 4 is 34.2 Å². The van der Waals surface area contributed by atoms with Crippen LogP contribution in [0.2, 0.25) is 5.02 Å². The van der Waals surface area contributed by atoms with Crippen molar-refractivity contribution in [3.63, 3.8) is 0 Å². The molecule has 0 saturated heterocycles. The Labute approximate surface area is 119 Å². The fraction of sp³-hybridized carbons (Fsp3) is 0.154. The summed E-state index contributed by atoms with van der Waals surface area (Å²) in [4.78, 5) is 4.08. The molecule has 4 heteroatoms. The summed E-state index contributed by atoms with van der Waals surface area (Å²) in [6, 6.07) is 9.85. The van der Waals surface area contributed by atoms with Crippen molar-refractivity contribution in [2.24, 2.45) is 5.73 Å². The van der Waals surface area contributed by atoms with Crippen molar-refractivity contribution in [1.29, 1.82) is 0 Å². The van der Waals surface area contributed by atoms with Crippen LogP contribution in [0.1, 0.15) is 17.2 Å². The third-order valence-corrected chi connectivity index (χ3v) is 4.12. The fourth-order valence-corrected chi connectivity index (χ4v) is 2.16. The summed E-state index contributed by atoms with van der Waals surface area (Å²) in [5.41, 5.74) is 8.35. The largest absolute Gasteiger partial charge is 0.324 e. The van der Waals surface area contributed by atoms with Crippen LogP contribution in [0.4, 0.5) is 0 Å². The molecule has 0 aliphatic heterocycles. The molecule has 0 bridgehead atoms. The minimum Gasteiger partial charge on any atom is -0.324 e. The lowest BCUT2D eigenvalue weighted by molar-refractivity contribution is 0.719. The molecule has 0 amide bonds. The number of hydrogen-bond acceptors (Lipinski definition) is 2. The van der Waals surface area contributed by atoms with Crippen LogP contribution in [-0.4, -0.2) is 4.98 Å². The molecular formula is C13H12ClIN2. The van der Waals surface area contributed by atoms with E-state index in [2.05, 4.69) is 27.6 Å². The third kappa shape index (κ3) is 3.40. The summed E-state index contributed by atoms with van der Waals surface area (Å²) < 4.78 is 1.04. The summed E-state index contributed by atoms with van der Waals surface area (Å²) >= 11 is 8.29. The van der Waals surface area contributed by atoms with E-state index in [0.29, 0.717) is 0 Å². The lowest BCUT2D eigenvalue weighted by Crippen LogP contribution is -2.13. The van der Waals surface area contributed by atoms with E-state index in [4.69, 9.17) is 17.3 Å². The van der Waals surface area contributed by atoms with Gasteiger partial charge in [0.1, 0.15) is 0 Å². The van der Waals surface area contributed by atoms with Gasteiger partial charge in [-0.3, -0.25) is 4.98 Å². The molecule has 2 aromatic rings. The number of nitrogens with zero attached hydrogens (tertiary/aromatic N) is 1. The number of pyridine rings is 1. The van der Waals surface area contributed by atoms with Gasteiger partial charge in [0.15, 0.2) is 0 Å². The first-order chi connectivity index (χ1) is 8.16. The summed E-state index contributed by atoms with van der Waals surface area (Å²) in [7, 11) is 0. The number of rotatable bonds is 3.